The molecular weight excluding hydrogens is 290 g/mol. The molecule has 3 fully saturated rings. The third kappa shape index (κ3) is 3.09. The van der Waals surface area contributed by atoms with Gasteiger partial charge >= 0.3 is 0 Å². The molecule has 1 amide bonds. The monoisotopic (exact) mass is 317 g/mol. The number of likely N-dealkylation sites (tertiary alicyclic amines) is 1. The molecule has 0 aromatic carbocycles. The number of carbonyl (C=O) groups is 1. The van der Waals surface area contributed by atoms with Crippen LogP contribution in [0.3, 0.4) is 0 Å². The highest BCUT2D eigenvalue weighted by molar-refractivity contribution is 5.79. The minimum atomic E-state index is 0.312. The summed E-state index contributed by atoms with van der Waals surface area (Å²) in [6.45, 7) is 5.87. The van der Waals surface area contributed by atoms with E-state index in [4.69, 9.17) is 0 Å². The molecule has 0 radical (unpaired) electrons. The molecule has 2 N–H and O–H groups in total. The lowest BCUT2D eigenvalue weighted by Gasteiger charge is -2.37. The van der Waals surface area contributed by atoms with E-state index in [1.165, 1.54) is 12.1 Å². The van der Waals surface area contributed by atoms with E-state index in [9.17, 15) is 4.79 Å². The lowest BCUT2D eigenvalue weighted by atomic mass is 9.83. The number of aromatic amines is 1. The van der Waals surface area contributed by atoms with E-state index in [1.54, 1.807) is 0 Å². The van der Waals surface area contributed by atoms with Gasteiger partial charge in [-0.2, -0.15) is 5.10 Å². The van der Waals surface area contributed by atoms with Crippen molar-refractivity contribution in [3.8, 4) is 0 Å². The van der Waals surface area contributed by atoms with E-state index in [1.807, 2.05) is 0 Å². The minimum Gasteiger partial charge on any atom is -0.353 e. The Bertz CT molecular complexity index is 547. The molecule has 1 aromatic heterocycles. The molecule has 4 rings (SSSR count). The molecule has 23 heavy (non-hydrogen) atoms. The van der Waals surface area contributed by atoms with Crippen LogP contribution in [0.2, 0.25) is 0 Å². The van der Waals surface area contributed by atoms with E-state index in [-0.39, 0.29) is 0 Å². The summed E-state index contributed by atoms with van der Waals surface area (Å²) in [4.78, 5) is 16.9. The van der Waals surface area contributed by atoms with Crippen LogP contribution in [-0.2, 0) is 4.79 Å². The van der Waals surface area contributed by atoms with Crippen molar-refractivity contribution < 1.29 is 4.79 Å². The van der Waals surface area contributed by atoms with E-state index >= 15 is 0 Å². The third-order valence-corrected chi connectivity index (χ3v) is 5.65. The van der Waals surface area contributed by atoms with Crippen LogP contribution in [0.15, 0.2) is 6.07 Å². The highest BCUT2D eigenvalue weighted by Gasteiger charge is 2.33. The maximum absolute atomic E-state index is 12.5. The number of H-pyrrole nitrogens is 1. The first-order chi connectivity index (χ1) is 11.3. The van der Waals surface area contributed by atoms with Gasteiger partial charge in [0, 0.05) is 62.9 Å². The number of piperazine rings is 1. The van der Waals surface area contributed by atoms with Crippen molar-refractivity contribution >= 4 is 11.7 Å². The largest absolute Gasteiger partial charge is 0.353 e. The van der Waals surface area contributed by atoms with Crippen molar-refractivity contribution in [2.24, 2.45) is 5.92 Å². The van der Waals surface area contributed by atoms with Gasteiger partial charge in [0.05, 0.1) is 0 Å². The molecule has 1 aliphatic carbocycles. The van der Waals surface area contributed by atoms with Crippen LogP contribution < -0.4 is 10.2 Å². The van der Waals surface area contributed by atoms with Gasteiger partial charge in [0.2, 0.25) is 5.91 Å². The number of amides is 1. The van der Waals surface area contributed by atoms with Crippen molar-refractivity contribution in [3.63, 3.8) is 0 Å². The van der Waals surface area contributed by atoms with E-state index in [0.717, 1.165) is 70.8 Å². The molecule has 0 bridgehead atoms. The molecule has 0 spiro atoms. The number of rotatable bonds is 3. The molecule has 6 nitrogen and oxygen atoms in total. The average Bonchev–Trinajstić information content (AvgIpc) is 3.04. The van der Waals surface area contributed by atoms with Crippen molar-refractivity contribution in [3.05, 3.63) is 11.8 Å². The topological polar surface area (TPSA) is 64.3 Å². The van der Waals surface area contributed by atoms with Crippen molar-refractivity contribution in [1.82, 2.24) is 20.4 Å². The molecule has 126 valence electrons. The van der Waals surface area contributed by atoms with Gasteiger partial charge in [-0.15, -0.1) is 0 Å². The zero-order valence-corrected chi connectivity index (χ0v) is 13.8. The molecule has 1 aromatic rings. The fourth-order valence-corrected chi connectivity index (χ4v) is 3.94. The first kappa shape index (κ1) is 15.0. The number of hydrogen-bond acceptors (Lipinski definition) is 4. The number of carbonyl (C=O) groups excluding carboxylic acids is 1. The summed E-state index contributed by atoms with van der Waals surface area (Å²) in [6.07, 6.45) is 5.67. The Morgan fingerprint density at radius 3 is 2.70 bits per heavy atom. The SMILES string of the molecule is O=C(C1CCC1)N1CCCC(c2cc(N3CCNCC3)n[nH]2)C1. The summed E-state index contributed by atoms with van der Waals surface area (Å²) in [5.74, 6) is 2.18. The van der Waals surface area contributed by atoms with Gasteiger partial charge in [-0.05, 0) is 25.7 Å². The van der Waals surface area contributed by atoms with Gasteiger partial charge in [0.15, 0.2) is 5.82 Å². The standard InChI is InChI=1S/C17H27N5O/c23-17(13-3-1-4-13)22-8-2-5-14(12-22)15-11-16(20-19-15)21-9-6-18-7-10-21/h11,13-14,18H,1-10,12H2,(H,19,20). The molecule has 2 saturated heterocycles. The molecule has 1 unspecified atom stereocenters. The Morgan fingerprint density at radius 2 is 1.96 bits per heavy atom. The molecule has 1 atom stereocenters. The summed E-state index contributed by atoms with van der Waals surface area (Å²) in [5.41, 5.74) is 1.20. The van der Waals surface area contributed by atoms with Crippen molar-refractivity contribution in [2.45, 2.75) is 38.0 Å². The summed E-state index contributed by atoms with van der Waals surface area (Å²) < 4.78 is 0. The van der Waals surface area contributed by atoms with Crippen LogP contribution in [0.4, 0.5) is 5.82 Å². The number of nitrogens with one attached hydrogen (secondary N) is 2. The summed E-state index contributed by atoms with van der Waals surface area (Å²) in [7, 11) is 0. The van der Waals surface area contributed by atoms with Gasteiger partial charge in [-0.25, -0.2) is 0 Å². The smallest absolute Gasteiger partial charge is 0.225 e. The van der Waals surface area contributed by atoms with Crippen LogP contribution in [-0.4, -0.2) is 60.3 Å². The Morgan fingerprint density at radius 1 is 1.13 bits per heavy atom. The molecule has 3 heterocycles. The predicted molar refractivity (Wildman–Crippen MR) is 89.6 cm³/mol. The second kappa shape index (κ2) is 6.51. The number of piperidine rings is 1. The van der Waals surface area contributed by atoms with Gasteiger partial charge in [-0.1, -0.05) is 6.42 Å². The minimum absolute atomic E-state index is 0.312. The van der Waals surface area contributed by atoms with Crippen molar-refractivity contribution in [2.75, 3.05) is 44.2 Å². The van der Waals surface area contributed by atoms with Crippen LogP contribution in [0, 0.1) is 5.92 Å². The quantitative estimate of drug-likeness (QED) is 0.883. The lowest BCUT2D eigenvalue weighted by molar-refractivity contribution is -0.139. The van der Waals surface area contributed by atoms with E-state index < -0.39 is 0 Å². The fraction of sp³-hybridized carbons (Fsp3) is 0.765. The molecule has 1 saturated carbocycles. The number of anilines is 1. The average molecular weight is 317 g/mol. The van der Waals surface area contributed by atoms with Crippen LogP contribution in [0.1, 0.15) is 43.7 Å². The van der Waals surface area contributed by atoms with Crippen LogP contribution in [0.5, 0.6) is 0 Å². The van der Waals surface area contributed by atoms with Crippen molar-refractivity contribution in [1.29, 1.82) is 0 Å². The first-order valence-electron chi connectivity index (χ1n) is 9.11. The Hall–Kier alpha value is -1.56. The Balaban J connectivity index is 1.41. The maximum atomic E-state index is 12.5. The second-order valence-electron chi connectivity index (χ2n) is 7.17. The molecule has 6 heteroatoms. The molecule has 3 aliphatic rings. The summed E-state index contributed by atoms with van der Waals surface area (Å²) >= 11 is 0. The van der Waals surface area contributed by atoms with Gasteiger partial charge in [0.1, 0.15) is 0 Å². The number of nitrogens with zero attached hydrogens (tertiary/aromatic N) is 3. The maximum Gasteiger partial charge on any atom is 0.225 e. The highest BCUT2D eigenvalue weighted by atomic mass is 16.2. The Labute approximate surface area is 137 Å². The van der Waals surface area contributed by atoms with E-state index in [2.05, 4.69) is 31.4 Å². The Kier molecular flexibility index (Phi) is 4.25. The van der Waals surface area contributed by atoms with Gasteiger partial charge in [-0.3, -0.25) is 9.89 Å². The summed E-state index contributed by atoms with van der Waals surface area (Å²) in [5, 5.41) is 11.1. The zero-order valence-electron chi connectivity index (χ0n) is 13.8. The lowest BCUT2D eigenvalue weighted by Crippen LogP contribution is -2.44. The van der Waals surface area contributed by atoms with Crippen LogP contribution in [0.25, 0.3) is 0 Å². The second-order valence-corrected chi connectivity index (χ2v) is 7.17. The summed E-state index contributed by atoms with van der Waals surface area (Å²) in [6, 6.07) is 2.20. The predicted octanol–water partition coefficient (Wildman–Crippen LogP) is 1.33. The normalized spacial score (nSPS) is 26.2. The molecular formula is C17H27N5O. The zero-order chi connectivity index (χ0) is 15.6. The third-order valence-electron chi connectivity index (χ3n) is 5.65. The van der Waals surface area contributed by atoms with E-state index in [0.29, 0.717) is 17.7 Å². The number of hydrogen-bond donors (Lipinski definition) is 2. The highest BCUT2D eigenvalue weighted by Crippen LogP contribution is 2.32. The molecule has 2 aliphatic heterocycles. The van der Waals surface area contributed by atoms with Crippen LogP contribution >= 0.6 is 0 Å². The first-order valence-corrected chi connectivity index (χ1v) is 9.11. The fourth-order valence-electron chi connectivity index (χ4n) is 3.94. The number of aromatic nitrogens is 2. The van der Waals surface area contributed by atoms with Gasteiger partial charge < -0.3 is 15.1 Å². The van der Waals surface area contributed by atoms with Gasteiger partial charge in [0.25, 0.3) is 0 Å².